The van der Waals surface area contributed by atoms with Crippen LogP contribution in [0.15, 0.2) is 29.4 Å². The first-order valence-electron chi connectivity index (χ1n) is 8.35. The summed E-state index contributed by atoms with van der Waals surface area (Å²) in [5.41, 5.74) is 5.83. The second-order valence-corrected chi connectivity index (χ2v) is 8.93. The fraction of sp³-hybridized carbons (Fsp3) is 0.562. The van der Waals surface area contributed by atoms with E-state index in [1.54, 1.807) is 23.9 Å². The Bertz CT molecular complexity index is 727. The Morgan fingerprint density at radius 1 is 1.50 bits per heavy atom. The number of Topliss-reactive ketones (excluding diaryl/α,β-unsaturated/α-hetero) is 1. The van der Waals surface area contributed by atoms with Crippen molar-refractivity contribution >= 4 is 33.5 Å². The Morgan fingerprint density at radius 2 is 2.27 bits per heavy atom. The number of carbonyl (C=O) groups is 2. The van der Waals surface area contributed by atoms with Crippen LogP contribution in [0.4, 0.5) is 0 Å². The van der Waals surface area contributed by atoms with E-state index in [0.717, 1.165) is 10.1 Å². The van der Waals surface area contributed by atoms with E-state index in [1.165, 1.54) is 12.3 Å². The van der Waals surface area contributed by atoms with Crippen LogP contribution >= 0.6 is 11.8 Å². The average Bonchev–Trinajstić information content (AvgIpc) is 2.82. The van der Waals surface area contributed by atoms with Crippen molar-refractivity contribution in [2.24, 2.45) is 5.73 Å². The van der Waals surface area contributed by atoms with Crippen LogP contribution in [0, 0.1) is 0 Å². The number of aromatic nitrogens is 1. The number of thioether (sulfide) groups is 1. The van der Waals surface area contributed by atoms with Gasteiger partial charge in [0.2, 0.25) is 5.91 Å². The summed E-state index contributed by atoms with van der Waals surface area (Å²) < 4.78 is 26.4. The van der Waals surface area contributed by atoms with Crippen molar-refractivity contribution < 1.29 is 18.0 Å². The molecule has 0 spiro atoms. The van der Waals surface area contributed by atoms with Crippen LogP contribution in [0.3, 0.4) is 0 Å². The summed E-state index contributed by atoms with van der Waals surface area (Å²) >= 11 is 1.59. The molecule has 8 nitrogen and oxygen atoms in total. The molecule has 1 amide bonds. The third-order valence-electron chi connectivity index (χ3n) is 4.15. The summed E-state index contributed by atoms with van der Waals surface area (Å²) in [7, 11) is -3.84. The van der Waals surface area contributed by atoms with Gasteiger partial charge in [-0.05, 0) is 43.4 Å². The first-order valence-corrected chi connectivity index (χ1v) is 11.2. The molecule has 1 saturated heterocycles. The summed E-state index contributed by atoms with van der Waals surface area (Å²) in [6.07, 6.45) is 4.69. The van der Waals surface area contributed by atoms with E-state index in [9.17, 15) is 18.0 Å². The van der Waals surface area contributed by atoms with Gasteiger partial charge in [0, 0.05) is 12.7 Å². The Kier molecular flexibility index (Phi) is 7.56. The Balaban J connectivity index is 2.03. The second-order valence-electron chi connectivity index (χ2n) is 6.06. The molecule has 10 heteroatoms. The molecule has 1 aliphatic heterocycles. The lowest BCUT2D eigenvalue weighted by Crippen LogP contribution is -2.49. The first kappa shape index (κ1) is 20.8. The topological polar surface area (TPSA) is 122 Å². The molecule has 0 saturated carbocycles. The van der Waals surface area contributed by atoms with E-state index >= 15 is 0 Å². The summed E-state index contributed by atoms with van der Waals surface area (Å²) in [6.45, 7) is -0.0839. The van der Waals surface area contributed by atoms with Crippen LogP contribution in [-0.2, 0) is 19.6 Å². The number of nitrogens with two attached hydrogens (primary N) is 1. The molecule has 144 valence electrons. The van der Waals surface area contributed by atoms with Crippen LogP contribution in [0.2, 0.25) is 0 Å². The minimum Gasteiger partial charge on any atom is -0.345 e. The Hall–Kier alpha value is -1.49. The molecule has 1 aliphatic rings. The van der Waals surface area contributed by atoms with Crippen molar-refractivity contribution in [1.82, 2.24) is 14.6 Å². The SMILES string of the molecule is CSCC[C@H](N)C(=O)NC1CCCN(S(=O)(=O)c2ccccn2)CC1=O. The number of ketones is 1. The van der Waals surface area contributed by atoms with E-state index in [4.69, 9.17) is 5.73 Å². The summed E-state index contributed by atoms with van der Waals surface area (Å²) in [4.78, 5) is 28.5. The third-order valence-corrected chi connectivity index (χ3v) is 6.55. The third kappa shape index (κ3) is 5.26. The number of sulfonamides is 1. The van der Waals surface area contributed by atoms with Crippen LogP contribution in [-0.4, -0.2) is 66.6 Å². The number of hydrogen-bond acceptors (Lipinski definition) is 7. The minimum atomic E-state index is -3.84. The second kappa shape index (κ2) is 9.45. The lowest BCUT2D eigenvalue weighted by molar-refractivity contribution is -0.128. The molecule has 0 aliphatic carbocycles. The number of carbonyl (C=O) groups excluding carboxylic acids is 2. The molecule has 1 aromatic rings. The zero-order valence-corrected chi connectivity index (χ0v) is 16.3. The lowest BCUT2D eigenvalue weighted by Gasteiger charge is -2.20. The highest BCUT2D eigenvalue weighted by molar-refractivity contribution is 7.98. The van der Waals surface area contributed by atoms with Gasteiger partial charge < -0.3 is 11.1 Å². The van der Waals surface area contributed by atoms with Crippen molar-refractivity contribution in [2.75, 3.05) is 25.1 Å². The number of nitrogens with zero attached hydrogens (tertiary/aromatic N) is 2. The maximum atomic E-state index is 12.6. The van der Waals surface area contributed by atoms with Gasteiger partial charge in [-0.2, -0.15) is 16.1 Å². The van der Waals surface area contributed by atoms with E-state index in [2.05, 4.69) is 10.3 Å². The van der Waals surface area contributed by atoms with Gasteiger partial charge in [-0.15, -0.1) is 0 Å². The van der Waals surface area contributed by atoms with Gasteiger partial charge >= 0.3 is 0 Å². The molecule has 0 bridgehead atoms. The van der Waals surface area contributed by atoms with Gasteiger partial charge in [-0.1, -0.05) is 6.07 Å². The Labute approximate surface area is 158 Å². The van der Waals surface area contributed by atoms with E-state index in [-0.39, 0.29) is 29.8 Å². The van der Waals surface area contributed by atoms with E-state index in [0.29, 0.717) is 19.3 Å². The molecule has 1 aromatic heterocycles. The minimum absolute atomic E-state index is 0.0885. The fourth-order valence-electron chi connectivity index (χ4n) is 2.64. The quantitative estimate of drug-likeness (QED) is 0.660. The Morgan fingerprint density at radius 3 is 2.92 bits per heavy atom. The zero-order valence-electron chi connectivity index (χ0n) is 14.6. The molecule has 26 heavy (non-hydrogen) atoms. The summed E-state index contributed by atoms with van der Waals surface area (Å²) in [6, 6.07) is 3.21. The van der Waals surface area contributed by atoms with Gasteiger partial charge in [-0.25, -0.2) is 13.4 Å². The largest absolute Gasteiger partial charge is 0.345 e. The van der Waals surface area contributed by atoms with Crippen molar-refractivity contribution in [3.8, 4) is 0 Å². The van der Waals surface area contributed by atoms with Crippen LogP contribution in [0.5, 0.6) is 0 Å². The van der Waals surface area contributed by atoms with Crippen molar-refractivity contribution in [3.63, 3.8) is 0 Å². The van der Waals surface area contributed by atoms with Crippen molar-refractivity contribution in [3.05, 3.63) is 24.4 Å². The molecule has 2 rings (SSSR count). The summed E-state index contributed by atoms with van der Waals surface area (Å²) in [5.74, 6) is 0.0365. The molecule has 0 aromatic carbocycles. The van der Waals surface area contributed by atoms with Gasteiger partial charge in [0.05, 0.1) is 18.6 Å². The van der Waals surface area contributed by atoms with Crippen LogP contribution < -0.4 is 11.1 Å². The van der Waals surface area contributed by atoms with Gasteiger partial charge in [0.25, 0.3) is 10.0 Å². The molecule has 2 atom stereocenters. The number of nitrogens with one attached hydrogen (secondary N) is 1. The van der Waals surface area contributed by atoms with E-state index in [1.807, 2.05) is 6.26 Å². The monoisotopic (exact) mass is 400 g/mol. The van der Waals surface area contributed by atoms with Gasteiger partial charge in [0.15, 0.2) is 10.8 Å². The van der Waals surface area contributed by atoms with Gasteiger partial charge in [0.1, 0.15) is 0 Å². The number of hydrogen-bond donors (Lipinski definition) is 2. The van der Waals surface area contributed by atoms with Crippen LogP contribution in [0.25, 0.3) is 0 Å². The molecule has 3 N–H and O–H groups in total. The average molecular weight is 401 g/mol. The maximum Gasteiger partial charge on any atom is 0.260 e. The zero-order chi connectivity index (χ0) is 19.2. The first-order chi connectivity index (χ1) is 12.4. The smallest absolute Gasteiger partial charge is 0.260 e. The number of amides is 1. The molecular weight excluding hydrogens is 376 g/mol. The van der Waals surface area contributed by atoms with Crippen LogP contribution in [0.1, 0.15) is 19.3 Å². The molecule has 1 unspecified atom stereocenters. The lowest BCUT2D eigenvalue weighted by atomic mass is 10.1. The molecule has 0 radical (unpaired) electrons. The van der Waals surface area contributed by atoms with Gasteiger partial charge in [-0.3, -0.25) is 9.59 Å². The normalized spacial score (nSPS) is 20.4. The molecule has 2 heterocycles. The van der Waals surface area contributed by atoms with Crippen molar-refractivity contribution in [1.29, 1.82) is 0 Å². The van der Waals surface area contributed by atoms with E-state index < -0.39 is 22.1 Å². The van der Waals surface area contributed by atoms with Crippen molar-refractivity contribution in [2.45, 2.75) is 36.4 Å². The predicted octanol–water partition coefficient (Wildman–Crippen LogP) is 0.000400. The number of rotatable bonds is 7. The fourth-order valence-corrected chi connectivity index (χ4v) is 4.51. The number of pyridine rings is 1. The molecular formula is C16H24N4O4S2. The molecule has 1 fully saturated rings. The highest BCUT2D eigenvalue weighted by atomic mass is 32.2. The highest BCUT2D eigenvalue weighted by Crippen LogP contribution is 2.17. The highest BCUT2D eigenvalue weighted by Gasteiger charge is 2.33. The maximum absolute atomic E-state index is 12.6. The summed E-state index contributed by atoms with van der Waals surface area (Å²) in [5, 5.41) is 2.58. The standard InChI is InChI=1S/C16H24N4O4S2/c1-25-10-7-12(17)16(22)19-13-5-4-9-20(11-14(13)21)26(23,24)15-6-2-3-8-18-15/h2-3,6,8,12-13H,4-5,7,9-11,17H2,1H3,(H,19,22)/t12-,13?/m0/s1. The predicted molar refractivity (Wildman–Crippen MR) is 100 cm³/mol.